The largest absolute Gasteiger partial charge is 0.368 e. The highest BCUT2D eigenvalue weighted by molar-refractivity contribution is 6.31. The van der Waals surface area contributed by atoms with Gasteiger partial charge in [0.15, 0.2) is 0 Å². The first kappa shape index (κ1) is 22.0. The van der Waals surface area contributed by atoms with Gasteiger partial charge in [-0.3, -0.25) is 19.9 Å². The van der Waals surface area contributed by atoms with Crippen molar-refractivity contribution in [3.05, 3.63) is 58.6 Å². The van der Waals surface area contributed by atoms with Gasteiger partial charge in [0.2, 0.25) is 5.91 Å². The Morgan fingerprint density at radius 2 is 1.94 bits per heavy atom. The Hall–Kier alpha value is -3.20. The molecule has 10 heteroatoms. The first-order chi connectivity index (χ1) is 15.3. The molecule has 168 valence electrons. The van der Waals surface area contributed by atoms with Crippen molar-refractivity contribution in [1.82, 2.24) is 20.5 Å². The average molecular weight is 460 g/mol. The lowest BCUT2D eigenvalue weighted by atomic mass is 9.86. The van der Waals surface area contributed by atoms with E-state index < -0.39 is 23.3 Å². The molecule has 0 saturated carbocycles. The van der Waals surface area contributed by atoms with Crippen molar-refractivity contribution in [3.8, 4) is 0 Å². The summed E-state index contributed by atoms with van der Waals surface area (Å²) >= 11 is 5.88. The fourth-order valence-electron chi connectivity index (χ4n) is 4.08. The number of urea groups is 1. The smallest absolute Gasteiger partial charge is 0.322 e. The zero-order valence-electron chi connectivity index (χ0n) is 17.5. The minimum absolute atomic E-state index is 0.0637. The van der Waals surface area contributed by atoms with Gasteiger partial charge in [0.1, 0.15) is 11.4 Å². The number of halogens is 2. The lowest BCUT2D eigenvalue weighted by Gasteiger charge is -2.36. The molecular weight excluding hydrogens is 437 g/mol. The Bertz CT molecular complexity index is 1060. The maximum absolute atomic E-state index is 13.4. The van der Waals surface area contributed by atoms with E-state index >= 15 is 0 Å². The Kier molecular flexibility index (Phi) is 6.01. The molecule has 2 fully saturated rings. The molecule has 2 aliphatic rings. The Morgan fingerprint density at radius 3 is 2.53 bits per heavy atom. The molecule has 1 aromatic heterocycles. The summed E-state index contributed by atoms with van der Waals surface area (Å²) in [5.41, 5.74) is 0.807. The molecule has 4 rings (SSSR count). The van der Waals surface area contributed by atoms with Crippen LogP contribution in [0, 0.1) is 12.7 Å². The van der Waals surface area contributed by atoms with Crippen LogP contribution < -0.4 is 15.5 Å². The van der Waals surface area contributed by atoms with E-state index in [0.717, 1.165) is 11.4 Å². The van der Waals surface area contributed by atoms with Crippen LogP contribution in [0.4, 0.5) is 14.9 Å². The molecule has 0 radical (unpaired) electrons. The number of anilines is 1. The number of piperazine rings is 1. The van der Waals surface area contributed by atoms with Gasteiger partial charge in [-0.1, -0.05) is 17.7 Å². The van der Waals surface area contributed by atoms with E-state index in [0.29, 0.717) is 31.7 Å². The van der Waals surface area contributed by atoms with Crippen molar-refractivity contribution < 1.29 is 18.8 Å². The summed E-state index contributed by atoms with van der Waals surface area (Å²) in [6, 6.07) is 7.49. The predicted octanol–water partition coefficient (Wildman–Crippen LogP) is 2.35. The number of amides is 4. The van der Waals surface area contributed by atoms with Gasteiger partial charge >= 0.3 is 6.03 Å². The van der Waals surface area contributed by atoms with Crippen LogP contribution in [0.2, 0.25) is 5.02 Å². The molecule has 2 aliphatic heterocycles. The quantitative estimate of drug-likeness (QED) is 0.669. The SMILES string of the molecule is Cc1ccc(C2(CCC(=O)N3CCN(c4ccc(F)c(Cl)c4)CC3)NC(=O)NC2=O)cn1. The van der Waals surface area contributed by atoms with E-state index in [1.54, 1.807) is 35.4 Å². The number of carbonyl (C=O) groups is 3. The van der Waals surface area contributed by atoms with Crippen LogP contribution >= 0.6 is 11.6 Å². The van der Waals surface area contributed by atoms with Gasteiger partial charge in [-0.25, -0.2) is 9.18 Å². The molecular formula is C22H23ClFN5O3. The van der Waals surface area contributed by atoms with Crippen LogP contribution in [0.1, 0.15) is 24.1 Å². The molecule has 2 aromatic rings. The fraction of sp³-hybridized carbons (Fsp3) is 0.364. The summed E-state index contributed by atoms with van der Waals surface area (Å²) in [6.45, 7) is 3.97. The van der Waals surface area contributed by atoms with E-state index in [4.69, 9.17) is 11.6 Å². The number of aromatic nitrogens is 1. The lowest BCUT2D eigenvalue weighted by molar-refractivity contribution is -0.132. The van der Waals surface area contributed by atoms with Crippen molar-refractivity contribution in [1.29, 1.82) is 0 Å². The first-order valence-electron chi connectivity index (χ1n) is 10.3. The number of imide groups is 1. The number of pyridine rings is 1. The molecule has 1 aromatic carbocycles. The van der Waals surface area contributed by atoms with Crippen molar-refractivity contribution in [3.63, 3.8) is 0 Å². The summed E-state index contributed by atoms with van der Waals surface area (Å²) < 4.78 is 13.4. The number of benzene rings is 1. The predicted molar refractivity (Wildman–Crippen MR) is 117 cm³/mol. The minimum atomic E-state index is -1.32. The highest BCUT2D eigenvalue weighted by atomic mass is 35.5. The molecule has 4 amide bonds. The topological polar surface area (TPSA) is 94.6 Å². The van der Waals surface area contributed by atoms with Gasteiger partial charge in [-0.15, -0.1) is 0 Å². The van der Waals surface area contributed by atoms with E-state index in [1.165, 1.54) is 6.07 Å². The van der Waals surface area contributed by atoms with E-state index in [9.17, 15) is 18.8 Å². The third-order valence-electron chi connectivity index (χ3n) is 5.96. The van der Waals surface area contributed by atoms with Crippen LogP contribution in [0.25, 0.3) is 0 Å². The van der Waals surface area contributed by atoms with Crippen LogP contribution in [0.15, 0.2) is 36.5 Å². The molecule has 2 saturated heterocycles. The second-order valence-corrected chi connectivity index (χ2v) is 8.38. The fourth-order valence-corrected chi connectivity index (χ4v) is 4.26. The van der Waals surface area contributed by atoms with Gasteiger partial charge in [-0.05, 0) is 37.6 Å². The van der Waals surface area contributed by atoms with Gasteiger partial charge in [0, 0.05) is 55.7 Å². The highest BCUT2D eigenvalue weighted by Gasteiger charge is 2.48. The summed E-state index contributed by atoms with van der Waals surface area (Å²) in [5, 5.41) is 5.02. The molecule has 0 aliphatic carbocycles. The first-order valence-corrected chi connectivity index (χ1v) is 10.7. The Balaban J connectivity index is 1.40. The van der Waals surface area contributed by atoms with Crippen molar-refractivity contribution in [2.75, 3.05) is 31.1 Å². The molecule has 1 atom stereocenters. The summed E-state index contributed by atoms with van der Waals surface area (Å²) in [4.78, 5) is 45.4. The van der Waals surface area contributed by atoms with Gasteiger partial charge < -0.3 is 15.1 Å². The number of nitrogens with one attached hydrogen (secondary N) is 2. The maximum atomic E-state index is 13.4. The average Bonchev–Trinajstić information content (AvgIpc) is 3.08. The number of rotatable bonds is 5. The van der Waals surface area contributed by atoms with Crippen LogP contribution in [-0.4, -0.2) is 53.9 Å². The summed E-state index contributed by atoms with van der Waals surface area (Å²) in [6.07, 6.45) is 1.77. The third-order valence-corrected chi connectivity index (χ3v) is 6.25. The van der Waals surface area contributed by atoms with E-state index in [1.807, 2.05) is 11.8 Å². The van der Waals surface area contributed by atoms with E-state index in [-0.39, 0.29) is 23.8 Å². The standard InChI is InChI=1S/C22H23ClFN5O3/c1-14-2-3-15(13-25-14)22(20(31)26-21(32)27-22)7-6-19(30)29-10-8-28(9-11-29)16-4-5-18(24)17(23)12-16/h2-5,12-13H,6-11H2,1H3,(H2,26,27,31,32). The zero-order chi connectivity index (χ0) is 22.9. The second kappa shape index (κ2) is 8.74. The number of hydrogen-bond donors (Lipinski definition) is 2. The zero-order valence-corrected chi connectivity index (χ0v) is 18.3. The van der Waals surface area contributed by atoms with Crippen molar-refractivity contribution in [2.24, 2.45) is 0 Å². The number of hydrogen-bond acceptors (Lipinski definition) is 5. The van der Waals surface area contributed by atoms with Crippen LogP contribution in [0.5, 0.6) is 0 Å². The van der Waals surface area contributed by atoms with E-state index in [2.05, 4.69) is 15.6 Å². The Morgan fingerprint density at radius 1 is 1.19 bits per heavy atom. The second-order valence-electron chi connectivity index (χ2n) is 7.97. The summed E-state index contributed by atoms with van der Waals surface area (Å²) in [5.74, 6) is -1.06. The molecule has 1 unspecified atom stereocenters. The molecule has 8 nitrogen and oxygen atoms in total. The summed E-state index contributed by atoms with van der Waals surface area (Å²) in [7, 11) is 0. The monoisotopic (exact) mass is 459 g/mol. The van der Waals surface area contributed by atoms with Gasteiger partial charge in [-0.2, -0.15) is 0 Å². The van der Waals surface area contributed by atoms with Crippen LogP contribution in [-0.2, 0) is 15.1 Å². The number of nitrogens with zero attached hydrogens (tertiary/aromatic N) is 3. The molecule has 0 bridgehead atoms. The normalized spacial score (nSPS) is 20.8. The molecule has 0 spiro atoms. The number of aryl methyl sites for hydroxylation is 1. The van der Waals surface area contributed by atoms with Crippen LogP contribution in [0.3, 0.4) is 0 Å². The molecule has 3 heterocycles. The Labute approximate surface area is 189 Å². The minimum Gasteiger partial charge on any atom is -0.368 e. The highest BCUT2D eigenvalue weighted by Crippen LogP contribution is 2.30. The molecule has 2 N–H and O–H groups in total. The van der Waals surface area contributed by atoms with Crippen molar-refractivity contribution in [2.45, 2.75) is 25.3 Å². The third kappa shape index (κ3) is 4.25. The molecule has 32 heavy (non-hydrogen) atoms. The number of carbonyl (C=O) groups excluding carboxylic acids is 3. The van der Waals surface area contributed by atoms with Crippen molar-refractivity contribution >= 4 is 35.1 Å². The lowest BCUT2D eigenvalue weighted by Crippen LogP contribution is -2.50. The van der Waals surface area contributed by atoms with Gasteiger partial charge in [0.25, 0.3) is 5.91 Å². The van der Waals surface area contributed by atoms with Gasteiger partial charge in [0.05, 0.1) is 5.02 Å². The maximum Gasteiger partial charge on any atom is 0.322 e.